The molecule has 1 heterocycles. The molecule has 1 N–H and O–H groups in total. The van der Waals surface area contributed by atoms with Gasteiger partial charge in [-0.3, -0.25) is 9.59 Å². The number of carboxylic acids is 1. The molecule has 2 atom stereocenters. The molecule has 1 amide bonds. The maximum atomic E-state index is 12.3. The van der Waals surface area contributed by atoms with Crippen LogP contribution < -0.4 is 0 Å². The molecular formula is C14H19NO3. The van der Waals surface area contributed by atoms with Crippen LogP contribution in [-0.2, 0) is 9.59 Å². The predicted octanol–water partition coefficient (Wildman–Crippen LogP) is 1.67. The van der Waals surface area contributed by atoms with Crippen LogP contribution in [-0.4, -0.2) is 35.0 Å². The average Bonchev–Trinajstić information content (AvgIpc) is 3.03. The molecule has 3 rings (SSSR count). The lowest BCUT2D eigenvalue weighted by molar-refractivity contribution is -0.149. The van der Waals surface area contributed by atoms with Crippen LogP contribution in [0.5, 0.6) is 0 Å². The summed E-state index contributed by atoms with van der Waals surface area (Å²) in [4.78, 5) is 25.7. The number of fused-ring (bicyclic) bond motifs is 1. The highest BCUT2D eigenvalue weighted by atomic mass is 16.4. The summed E-state index contributed by atoms with van der Waals surface area (Å²) in [6.45, 7) is 1.09. The molecule has 4 nitrogen and oxygen atoms in total. The Bertz CT molecular complexity index is 409. The summed E-state index contributed by atoms with van der Waals surface area (Å²) in [5.74, 6) is -0.303. The largest absolute Gasteiger partial charge is 0.481 e. The van der Waals surface area contributed by atoms with Crippen LogP contribution in [0, 0.1) is 17.3 Å². The number of hydrogen-bond donors (Lipinski definition) is 1. The van der Waals surface area contributed by atoms with Crippen LogP contribution in [0.3, 0.4) is 0 Å². The molecule has 1 saturated carbocycles. The maximum absolute atomic E-state index is 12.3. The second kappa shape index (κ2) is 4.11. The molecule has 0 spiro atoms. The van der Waals surface area contributed by atoms with E-state index in [0.29, 0.717) is 13.1 Å². The number of aliphatic carboxylic acids is 1. The summed E-state index contributed by atoms with van der Waals surface area (Å²) in [5.41, 5.74) is -0.637. The summed E-state index contributed by atoms with van der Waals surface area (Å²) in [7, 11) is 0. The first-order valence-corrected chi connectivity index (χ1v) is 6.81. The highest BCUT2D eigenvalue weighted by Gasteiger charge is 2.56. The fourth-order valence-corrected chi connectivity index (χ4v) is 3.88. The maximum Gasteiger partial charge on any atom is 0.311 e. The van der Waals surface area contributed by atoms with E-state index in [4.69, 9.17) is 0 Å². The van der Waals surface area contributed by atoms with E-state index < -0.39 is 11.4 Å². The zero-order valence-electron chi connectivity index (χ0n) is 10.5. The van der Waals surface area contributed by atoms with Crippen molar-refractivity contribution in [2.45, 2.75) is 32.1 Å². The van der Waals surface area contributed by atoms with Crippen molar-refractivity contribution in [1.29, 1.82) is 0 Å². The minimum absolute atomic E-state index is 0.0645. The van der Waals surface area contributed by atoms with E-state index in [1.165, 1.54) is 0 Å². The van der Waals surface area contributed by atoms with Crippen LogP contribution in [0.15, 0.2) is 12.2 Å². The fourth-order valence-electron chi connectivity index (χ4n) is 3.88. The first-order chi connectivity index (χ1) is 8.63. The molecular weight excluding hydrogens is 230 g/mol. The van der Waals surface area contributed by atoms with Crippen molar-refractivity contribution >= 4 is 11.9 Å². The lowest BCUT2D eigenvalue weighted by Crippen LogP contribution is -2.39. The molecule has 0 bridgehead atoms. The number of allylic oxidation sites excluding steroid dienone is 2. The molecule has 4 heteroatoms. The van der Waals surface area contributed by atoms with Gasteiger partial charge in [0.05, 0.1) is 5.41 Å². The molecule has 0 aromatic rings. The molecule has 0 unspecified atom stereocenters. The normalized spacial score (nSPS) is 35.1. The smallest absolute Gasteiger partial charge is 0.311 e. The van der Waals surface area contributed by atoms with Gasteiger partial charge in [-0.1, -0.05) is 18.6 Å². The number of carbonyl (C=O) groups is 2. The number of rotatable bonds is 2. The van der Waals surface area contributed by atoms with Crippen LogP contribution in [0.4, 0.5) is 0 Å². The average molecular weight is 249 g/mol. The quantitative estimate of drug-likeness (QED) is 0.757. The van der Waals surface area contributed by atoms with Crippen molar-refractivity contribution in [3.05, 3.63) is 12.2 Å². The summed E-state index contributed by atoms with van der Waals surface area (Å²) < 4.78 is 0. The molecule has 1 aliphatic heterocycles. The number of nitrogens with zero attached hydrogens (tertiary/aromatic N) is 1. The second-order valence-corrected chi connectivity index (χ2v) is 5.91. The third-order valence-electron chi connectivity index (χ3n) is 4.97. The van der Waals surface area contributed by atoms with E-state index in [0.717, 1.165) is 32.1 Å². The monoisotopic (exact) mass is 249 g/mol. The Balaban J connectivity index is 1.74. The molecule has 0 radical (unpaired) electrons. The van der Waals surface area contributed by atoms with Gasteiger partial charge in [0.2, 0.25) is 5.91 Å². The summed E-state index contributed by atoms with van der Waals surface area (Å²) in [5, 5.41) is 9.49. The Labute approximate surface area is 107 Å². The summed E-state index contributed by atoms with van der Waals surface area (Å²) in [6, 6.07) is 0. The van der Waals surface area contributed by atoms with Gasteiger partial charge < -0.3 is 10.0 Å². The van der Waals surface area contributed by atoms with Crippen LogP contribution in [0.25, 0.3) is 0 Å². The summed E-state index contributed by atoms with van der Waals surface area (Å²) >= 11 is 0. The minimum Gasteiger partial charge on any atom is -0.481 e. The van der Waals surface area contributed by atoms with Crippen molar-refractivity contribution in [3.63, 3.8) is 0 Å². The fraction of sp³-hybridized carbons (Fsp3) is 0.714. The lowest BCUT2D eigenvalue weighted by Gasteiger charge is -2.24. The molecule has 0 aromatic carbocycles. The molecule has 0 aromatic heterocycles. The van der Waals surface area contributed by atoms with Crippen molar-refractivity contribution in [3.8, 4) is 0 Å². The zero-order valence-corrected chi connectivity index (χ0v) is 10.5. The van der Waals surface area contributed by atoms with Crippen molar-refractivity contribution in [2.75, 3.05) is 13.1 Å². The third-order valence-corrected chi connectivity index (χ3v) is 4.97. The molecule has 98 valence electrons. The van der Waals surface area contributed by atoms with Gasteiger partial charge in [-0.15, -0.1) is 0 Å². The molecule has 18 heavy (non-hydrogen) atoms. The number of hydrogen-bond acceptors (Lipinski definition) is 2. The third kappa shape index (κ3) is 1.58. The predicted molar refractivity (Wildman–Crippen MR) is 65.9 cm³/mol. The first kappa shape index (κ1) is 11.8. The second-order valence-electron chi connectivity index (χ2n) is 5.91. The Morgan fingerprint density at radius 1 is 1.28 bits per heavy atom. The molecule has 2 fully saturated rings. The van der Waals surface area contributed by atoms with Gasteiger partial charge in [0.15, 0.2) is 0 Å². The Morgan fingerprint density at radius 2 is 2.00 bits per heavy atom. The number of carboxylic acid groups (broad SMARTS) is 1. The standard InChI is InChI=1S/C14H19NO3/c16-12(10-4-1-2-5-10)15-8-11-6-3-7-14(11,9-15)13(17)18/h1-2,10-11H,3-9H2,(H,17,18)/t11-,14+/m0/s1. The van der Waals surface area contributed by atoms with E-state index in [1.54, 1.807) is 0 Å². The van der Waals surface area contributed by atoms with Crippen molar-refractivity contribution in [1.82, 2.24) is 4.90 Å². The number of carbonyl (C=O) groups excluding carboxylic acids is 1. The first-order valence-electron chi connectivity index (χ1n) is 6.81. The van der Waals surface area contributed by atoms with E-state index in [2.05, 4.69) is 0 Å². The van der Waals surface area contributed by atoms with Gasteiger partial charge in [0.1, 0.15) is 0 Å². The number of likely N-dealkylation sites (tertiary alicyclic amines) is 1. The van der Waals surface area contributed by atoms with E-state index >= 15 is 0 Å². The van der Waals surface area contributed by atoms with E-state index in [1.807, 2.05) is 17.1 Å². The Morgan fingerprint density at radius 3 is 2.61 bits per heavy atom. The van der Waals surface area contributed by atoms with Crippen molar-refractivity contribution in [2.24, 2.45) is 17.3 Å². The number of amides is 1. The molecule has 3 aliphatic rings. The zero-order chi connectivity index (χ0) is 12.8. The van der Waals surface area contributed by atoms with Gasteiger partial charge in [-0.2, -0.15) is 0 Å². The molecule has 2 aliphatic carbocycles. The van der Waals surface area contributed by atoms with E-state index in [9.17, 15) is 14.7 Å². The van der Waals surface area contributed by atoms with Gasteiger partial charge in [-0.05, 0) is 31.6 Å². The Kier molecular flexibility index (Phi) is 2.68. The SMILES string of the molecule is O=C(C1CC=CC1)N1C[C@@H]2CCC[C@@]2(C(=O)O)C1. The molecule has 1 saturated heterocycles. The minimum atomic E-state index is -0.704. The van der Waals surface area contributed by atoms with Gasteiger partial charge in [0.25, 0.3) is 0 Å². The lowest BCUT2D eigenvalue weighted by atomic mass is 9.81. The topological polar surface area (TPSA) is 57.6 Å². The van der Waals surface area contributed by atoms with Gasteiger partial charge in [0, 0.05) is 19.0 Å². The highest BCUT2D eigenvalue weighted by Crippen LogP contribution is 2.49. The van der Waals surface area contributed by atoms with Gasteiger partial charge >= 0.3 is 5.97 Å². The van der Waals surface area contributed by atoms with Gasteiger partial charge in [-0.25, -0.2) is 0 Å². The Hall–Kier alpha value is -1.32. The summed E-state index contributed by atoms with van der Waals surface area (Å²) in [6.07, 6.45) is 8.42. The van der Waals surface area contributed by atoms with Crippen molar-refractivity contribution < 1.29 is 14.7 Å². The van der Waals surface area contributed by atoms with Crippen LogP contribution in [0.2, 0.25) is 0 Å². The highest BCUT2D eigenvalue weighted by molar-refractivity contribution is 5.83. The van der Waals surface area contributed by atoms with E-state index in [-0.39, 0.29) is 17.7 Å². The van der Waals surface area contributed by atoms with Crippen LogP contribution >= 0.6 is 0 Å². The van der Waals surface area contributed by atoms with Crippen LogP contribution in [0.1, 0.15) is 32.1 Å².